The van der Waals surface area contributed by atoms with Crippen molar-refractivity contribution in [2.45, 2.75) is 6.92 Å². The number of anilines is 2. The fraction of sp³-hybridized carbons (Fsp3) is 0.0714. The molecule has 1 heterocycles. The van der Waals surface area contributed by atoms with Gasteiger partial charge in [-0.25, -0.2) is 4.98 Å². The molecule has 3 aromatic rings. The maximum absolute atomic E-state index is 6.21. The highest BCUT2D eigenvalue weighted by molar-refractivity contribution is 7.22. The number of nitrogens with one attached hydrogen (secondary N) is 1. The van der Waals surface area contributed by atoms with Gasteiger partial charge < -0.3 is 5.32 Å². The lowest BCUT2D eigenvalue weighted by atomic mass is 10.2. The van der Waals surface area contributed by atoms with E-state index in [4.69, 9.17) is 34.8 Å². The third-order valence-corrected chi connectivity index (χ3v) is 5.02. The Hall–Kier alpha value is -1.000. The topological polar surface area (TPSA) is 24.9 Å². The molecule has 1 aromatic heterocycles. The SMILES string of the molecule is Cc1cc(Cl)c(Nc2nc3cccc(Cl)c3s2)cc1Cl. The second-order valence-corrected chi connectivity index (χ2v) is 6.53. The van der Waals surface area contributed by atoms with Crippen molar-refractivity contribution in [3.05, 3.63) is 51.0 Å². The predicted molar refractivity (Wildman–Crippen MR) is 89.1 cm³/mol. The third-order valence-electron chi connectivity index (χ3n) is 2.86. The zero-order chi connectivity index (χ0) is 14.3. The first-order chi connectivity index (χ1) is 9.54. The summed E-state index contributed by atoms with van der Waals surface area (Å²) in [6, 6.07) is 9.28. The second-order valence-electron chi connectivity index (χ2n) is 4.31. The Bertz CT molecular complexity index is 798. The molecule has 2 aromatic carbocycles. The van der Waals surface area contributed by atoms with Gasteiger partial charge in [-0.3, -0.25) is 0 Å². The molecule has 0 radical (unpaired) electrons. The number of hydrogen-bond acceptors (Lipinski definition) is 3. The summed E-state index contributed by atoms with van der Waals surface area (Å²) in [5.74, 6) is 0. The number of nitrogens with zero attached hydrogens (tertiary/aromatic N) is 1. The molecule has 3 rings (SSSR count). The molecule has 0 bridgehead atoms. The van der Waals surface area contributed by atoms with E-state index in [2.05, 4.69) is 10.3 Å². The lowest BCUT2D eigenvalue weighted by molar-refractivity contribution is 1.42. The molecule has 0 saturated carbocycles. The van der Waals surface area contributed by atoms with Crippen LogP contribution in [0.4, 0.5) is 10.8 Å². The summed E-state index contributed by atoms with van der Waals surface area (Å²) in [6.07, 6.45) is 0. The van der Waals surface area contributed by atoms with Crippen LogP contribution in [-0.2, 0) is 0 Å². The summed E-state index contributed by atoms with van der Waals surface area (Å²) in [6.45, 7) is 1.91. The molecule has 0 aliphatic heterocycles. The van der Waals surface area contributed by atoms with Crippen molar-refractivity contribution >= 4 is 67.2 Å². The van der Waals surface area contributed by atoms with E-state index >= 15 is 0 Å². The van der Waals surface area contributed by atoms with Crippen molar-refractivity contribution in [2.75, 3.05) is 5.32 Å². The Kier molecular flexibility index (Phi) is 3.78. The molecule has 0 aliphatic rings. The first-order valence-electron chi connectivity index (χ1n) is 5.82. The third kappa shape index (κ3) is 2.59. The molecular formula is C14H9Cl3N2S. The van der Waals surface area contributed by atoms with Gasteiger partial charge in [0.15, 0.2) is 5.13 Å². The Morgan fingerprint density at radius 3 is 2.60 bits per heavy atom. The van der Waals surface area contributed by atoms with Crippen molar-refractivity contribution in [1.82, 2.24) is 4.98 Å². The van der Waals surface area contributed by atoms with Gasteiger partial charge in [-0.15, -0.1) is 0 Å². The molecule has 0 spiro atoms. The van der Waals surface area contributed by atoms with E-state index in [1.54, 1.807) is 6.07 Å². The molecule has 1 N–H and O–H groups in total. The number of aryl methyl sites for hydroxylation is 1. The van der Waals surface area contributed by atoms with E-state index < -0.39 is 0 Å². The Morgan fingerprint density at radius 2 is 1.85 bits per heavy atom. The normalized spacial score (nSPS) is 11.0. The maximum atomic E-state index is 6.21. The highest BCUT2D eigenvalue weighted by Gasteiger charge is 2.10. The zero-order valence-electron chi connectivity index (χ0n) is 10.4. The van der Waals surface area contributed by atoms with Crippen molar-refractivity contribution in [2.24, 2.45) is 0 Å². The van der Waals surface area contributed by atoms with Crippen LogP contribution in [0.2, 0.25) is 15.1 Å². The maximum Gasteiger partial charge on any atom is 0.188 e. The fourth-order valence-corrected chi connectivity index (χ4v) is 3.42. The van der Waals surface area contributed by atoms with Crippen LogP contribution < -0.4 is 5.32 Å². The summed E-state index contributed by atoms with van der Waals surface area (Å²) >= 11 is 20.0. The first-order valence-corrected chi connectivity index (χ1v) is 7.77. The zero-order valence-corrected chi connectivity index (χ0v) is 13.5. The standard InChI is InChI=1S/C14H9Cl3N2S/c1-7-5-10(17)12(6-9(7)16)19-14-18-11-4-2-3-8(15)13(11)20-14/h2-6H,1H3,(H,18,19). The summed E-state index contributed by atoms with van der Waals surface area (Å²) in [5.41, 5.74) is 2.53. The van der Waals surface area contributed by atoms with Crippen LogP contribution in [0, 0.1) is 6.92 Å². The molecule has 6 heteroatoms. The quantitative estimate of drug-likeness (QED) is 0.590. The number of halogens is 3. The van der Waals surface area contributed by atoms with Crippen LogP contribution in [0.5, 0.6) is 0 Å². The summed E-state index contributed by atoms with van der Waals surface area (Å²) < 4.78 is 0.950. The van der Waals surface area contributed by atoms with E-state index in [1.165, 1.54) is 11.3 Å². The molecule has 0 fully saturated rings. The average molecular weight is 344 g/mol. The van der Waals surface area contributed by atoms with Crippen LogP contribution in [0.15, 0.2) is 30.3 Å². The van der Waals surface area contributed by atoms with Gasteiger partial charge in [-0.1, -0.05) is 52.2 Å². The Labute approximate surface area is 135 Å². The van der Waals surface area contributed by atoms with E-state index in [0.717, 1.165) is 26.6 Å². The second kappa shape index (κ2) is 5.41. The predicted octanol–water partition coefficient (Wildman–Crippen LogP) is 6.31. The molecule has 102 valence electrons. The van der Waals surface area contributed by atoms with E-state index in [9.17, 15) is 0 Å². The molecule has 0 saturated heterocycles. The lowest BCUT2D eigenvalue weighted by Crippen LogP contribution is -1.91. The minimum absolute atomic E-state index is 0.609. The smallest absolute Gasteiger partial charge is 0.188 e. The van der Waals surface area contributed by atoms with E-state index in [-0.39, 0.29) is 0 Å². The van der Waals surface area contributed by atoms with Gasteiger partial charge in [0.05, 0.1) is 25.9 Å². The number of rotatable bonds is 2. The highest BCUT2D eigenvalue weighted by atomic mass is 35.5. The fourth-order valence-electron chi connectivity index (χ4n) is 1.83. The Morgan fingerprint density at radius 1 is 1.05 bits per heavy atom. The van der Waals surface area contributed by atoms with Crippen LogP contribution in [0.1, 0.15) is 5.56 Å². The molecule has 0 amide bonds. The van der Waals surface area contributed by atoms with Gasteiger partial charge in [-0.05, 0) is 36.8 Å². The molecular weight excluding hydrogens is 335 g/mol. The molecule has 20 heavy (non-hydrogen) atoms. The van der Waals surface area contributed by atoms with Crippen LogP contribution >= 0.6 is 46.1 Å². The van der Waals surface area contributed by atoms with Gasteiger partial charge in [0.2, 0.25) is 0 Å². The van der Waals surface area contributed by atoms with E-state index in [0.29, 0.717) is 15.1 Å². The largest absolute Gasteiger partial charge is 0.330 e. The van der Waals surface area contributed by atoms with Crippen LogP contribution in [0.3, 0.4) is 0 Å². The summed E-state index contributed by atoms with van der Waals surface area (Å²) in [7, 11) is 0. The number of thiazole rings is 1. The van der Waals surface area contributed by atoms with Crippen LogP contribution in [0.25, 0.3) is 10.2 Å². The van der Waals surface area contributed by atoms with Crippen molar-refractivity contribution < 1.29 is 0 Å². The molecule has 2 nitrogen and oxygen atoms in total. The number of aromatic nitrogens is 1. The first kappa shape index (κ1) is 14.0. The minimum Gasteiger partial charge on any atom is -0.330 e. The summed E-state index contributed by atoms with van der Waals surface area (Å²) in [4.78, 5) is 4.48. The average Bonchev–Trinajstić information content (AvgIpc) is 2.80. The number of fused-ring (bicyclic) bond motifs is 1. The monoisotopic (exact) mass is 342 g/mol. The highest BCUT2D eigenvalue weighted by Crippen LogP contribution is 2.36. The number of benzene rings is 2. The lowest BCUT2D eigenvalue weighted by Gasteiger charge is -2.07. The molecule has 0 aliphatic carbocycles. The number of hydrogen-bond donors (Lipinski definition) is 1. The van der Waals surface area contributed by atoms with Crippen molar-refractivity contribution in [3.63, 3.8) is 0 Å². The van der Waals surface area contributed by atoms with Crippen molar-refractivity contribution in [3.8, 4) is 0 Å². The summed E-state index contributed by atoms with van der Waals surface area (Å²) in [5, 5.41) is 5.89. The molecule has 0 atom stereocenters. The van der Waals surface area contributed by atoms with Gasteiger partial charge >= 0.3 is 0 Å². The van der Waals surface area contributed by atoms with Gasteiger partial charge in [0.1, 0.15) is 0 Å². The minimum atomic E-state index is 0.609. The van der Waals surface area contributed by atoms with Gasteiger partial charge in [0, 0.05) is 5.02 Å². The van der Waals surface area contributed by atoms with Gasteiger partial charge in [-0.2, -0.15) is 0 Å². The van der Waals surface area contributed by atoms with Crippen LogP contribution in [-0.4, -0.2) is 4.98 Å². The van der Waals surface area contributed by atoms with Crippen molar-refractivity contribution in [1.29, 1.82) is 0 Å². The van der Waals surface area contributed by atoms with E-state index in [1.807, 2.05) is 31.2 Å². The molecule has 0 unspecified atom stereocenters. The Balaban J connectivity index is 2.01. The van der Waals surface area contributed by atoms with Gasteiger partial charge in [0.25, 0.3) is 0 Å².